The van der Waals surface area contributed by atoms with Crippen LogP contribution in [0.5, 0.6) is 0 Å². The van der Waals surface area contributed by atoms with E-state index in [9.17, 15) is 4.79 Å². The van der Waals surface area contributed by atoms with Gasteiger partial charge in [0, 0.05) is 20.1 Å². The summed E-state index contributed by atoms with van der Waals surface area (Å²) in [6.07, 6.45) is 0. The van der Waals surface area contributed by atoms with E-state index in [1.165, 1.54) is 0 Å². The van der Waals surface area contributed by atoms with Gasteiger partial charge in [0.25, 0.3) is 0 Å². The molecule has 0 aromatic heterocycles. The van der Waals surface area contributed by atoms with Gasteiger partial charge in [0.15, 0.2) is 0 Å². The van der Waals surface area contributed by atoms with Crippen LogP contribution in [0.1, 0.15) is 20.8 Å². The summed E-state index contributed by atoms with van der Waals surface area (Å²) in [5.74, 6) is 5.69. The van der Waals surface area contributed by atoms with Gasteiger partial charge in [-0.3, -0.25) is 15.2 Å². The van der Waals surface area contributed by atoms with Crippen LogP contribution in [0.15, 0.2) is 4.99 Å². The van der Waals surface area contributed by atoms with Gasteiger partial charge < -0.3 is 10.2 Å². The Morgan fingerprint density at radius 1 is 1.53 bits per heavy atom. The van der Waals surface area contributed by atoms with E-state index in [-0.39, 0.29) is 11.9 Å². The van der Waals surface area contributed by atoms with E-state index >= 15 is 0 Å². The van der Waals surface area contributed by atoms with E-state index < -0.39 is 0 Å². The molecule has 0 saturated heterocycles. The molecule has 1 atom stereocenters. The third-order valence-electron chi connectivity index (χ3n) is 2.03. The van der Waals surface area contributed by atoms with E-state index in [1.54, 1.807) is 18.9 Å². The molecule has 6 nitrogen and oxygen atoms in total. The standard InChI is InChI=1S/C9H21N5O/c1-5-11-9(13-10)12-7(3)8(15)14(4)6-2/h7H,5-6,10H2,1-4H3,(H2,11,12,13). The molecule has 4 N–H and O–H groups in total. The number of likely N-dealkylation sites (N-methyl/N-ethyl adjacent to an activating group) is 1. The lowest BCUT2D eigenvalue weighted by Crippen LogP contribution is -2.51. The number of nitrogens with zero attached hydrogens (tertiary/aromatic N) is 2. The number of carbonyl (C=O) groups is 1. The number of nitrogens with two attached hydrogens (primary N) is 1. The van der Waals surface area contributed by atoms with Crippen molar-refractivity contribution in [3.05, 3.63) is 0 Å². The summed E-state index contributed by atoms with van der Waals surface area (Å²) in [5, 5.41) is 2.91. The highest BCUT2D eigenvalue weighted by Gasteiger charge is 2.16. The predicted molar refractivity (Wildman–Crippen MR) is 61.2 cm³/mol. The first kappa shape index (κ1) is 13.7. The molecule has 0 saturated carbocycles. The van der Waals surface area contributed by atoms with Crippen LogP contribution in [0.25, 0.3) is 0 Å². The van der Waals surface area contributed by atoms with Gasteiger partial charge >= 0.3 is 0 Å². The first-order valence-corrected chi connectivity index (χ1v) is 5.09. The second-order valence-corrected chi connectivity index (χ2v) is 3.19. The molecule has 1 unspecified atom stereocenters. The fraction of sp³-hybridized carbons (Fsp3) is 0.778. The molecule has 6 heteroatoms. The fourth-order valence-electron chi connectivity index (χ4n) is 1.04. The minimum atomic E-state index is -0.337. The molecule has 0 aromatic rings. The molecular weight excluding hydrogens is 194 g/mol. The summed E-state index contributed by atoms with van der Waals surface area (Å²) in [6, 6.07) is -0.337. The van der Waals surface area contributed by atoms with E-state index in [4.69, 9.17) is 5.84 Å². The van der Waals surface area contributed by atoms with Gasteiger partial charge in [0.1, 0.15) is 6.04 Å². The minimum Gasteiger partial charge on any atom is -0.344 e. The summed E-state index contributed by atoms with van der Waals surface area (Å²) >= 11 is 0. The molecule has 88 valence electrons. The number of hydrogen-bond acceptors (Lipinski definition) is 3. The monoisotopic (exact) mass is 215 g/mol. The maximum Gasteiger partial charge on any atom is 0.244 e. The molecule has 0 aliphatic heterocycles. The first-order valence-electron chi connectivity index (χ1n) is 5.09. The van der Waals surface area contributed by atoms with Crippen LogP contribution in [0.3, 0.4) is 0 Å². The quantitative estimate of drug-likeness (QED) is 0.250. The molecule has 0 fully saturated rings. The van der Waals surface area contributed by atoms with Crippen LogP contribution in [-0.4, -0.2) is 42.9 Å². The fourth-order valence-corrected chi connectivity index (χ4v) is 1.04. The van der Waals surface area contributed by atoms with Crippen molar-refractivity contribution in [3.8, 4) is 0 Å². The highest BCUT2D eigenvalue weighted by atomic mass is 16.2. The number of rotatable bonds is 4. The Morgan fingerprint density at radius 2 is 2.13 bits per heavy atom. The molecule has 15 heavy (non-hydrogen) atoms. The molecule has 0 aromatic carbocycles. The Balaban J connectivity index is 4.28. The molecule has 0 heterocycles. The highest BCUT2D eigenvalue weighted by molar-refractivity contribution is 5.88. The lowest BCUT2D eigenvalue weighted by molar-refractivity contribution is -0.131. The zero-order chi connectivity index (χ0) is 11.8. The number of hydrogen-bond donors (Lipinski definition) is 3. The average Bonchev–Trinajstić information content (AvgIpc) is 2.26. The number of nitrogens with one attached hydrogen (secondary N) is 2. The van der Waals surface area contributed by atoms with Crippen LogP contribution in [0, 0.1) is 0 Å². The van der Waals surface area contributed by atoms with Crippen LogP contribution in [-0.2, 0) is 4.79 Å². The lowest BCUT2D eigenvalue weighted by Gasteiger charge is -2.21. The maximum atomic E-state index is 11.7. The van der Waals surface area contributed by atoms with Gasteiger partial charge in [-0.25, -0.2) is 5.84 Å². The topological polar surface area (TPSA) is 82.7 Å². The number of hydrazine groups is 1. The van der Waals surface area contributed by atoms with Gasteiger partial charge in [-0.1, -0.05) is 0 Å². The summed E-state index contributed by atoms with van der Waals surface area (Å²) < 4.78 is 0. The van der Waals surface area contributed by atoms with Crippen LogP contribution < -0.4 is 16.6 Å². The molecule has 0 rings (SSSR count). The van der Waals surface area contributed by atoms with Crippen molar-refractivity contribution in [2.45, 2.75) is 26.8 Å². The van der Waals surface area contributed by atoms with Gasteiger partial charge in [-0.05, 0) is 20.8 Å². The molecular formula is C9H21N5O. The number of amides is 1. The highest BCUT2D eigenvalue weighted by Crippen LogP contribution is 1.91. The second-order valence-electron chi connectivity index (χ2n) is 3.19. The number of aliphatic imine (C=N–C) groups is 1. The van der Waals surface area contributed by atoms with Crippen LogP contribution >= 0.6 is 0 Å². The number of guanidine groups is 1. The van der Waals surface area contributed by atoms with Gasteiger partial charge in [0.2, 0.25) is 11.9 Å². The van der Waals surface area contributed by atoms with Crippen molar-refractivity contribution in [2.24, 2.45) is 10.8 Å². The summed E-state index contributed by atoms with van der Waals surface area (Å²) in [5.41, 5.74) is 2.41. The third kappa shape index (κ3) is 4.64. The molecule has 1 amide bonds. The zero-order valence-corrected chi connectivity index (χ0v) is 9.87. The molecule has 0 aliphatic carbocycles. The van der Waals surface area contributed by atoms with E-state index in [1.807, 2.05) is 13.8 Å². The Morgan fingerprint density at radius 3 is 2.53 bits per heavy atom. The van der Waals surface area contributed by atoms with Gasteiger partial charge in [-0.2, -0.15) is 0 Å². The SMILES string of the molecule is CCN=C(NN)NC(C)C(=O)N(C)CC. The Labute approximate surface area is 90.9 Å². The van der Waals surface area contributed by atoms with Crippen molar-refractivity contribution in [2.75, 3.05) is 20.1 Å². The Kier molecular flexibility index (Phi) is 6.44. The van der Waals surface area contributed by atoms with Gasteiger partial charge in [0.05, 0.1) is 0 Å². The van der Waals surface area contributed by atoms with Gasteiger partial charge in [-0.15, -0.1) is 0 Å². The molecule has 0 radical (unpaired) electrons. The van der Waals surface area contributed by atoms with Crippen molar-refractivity contribution in [1.29, 1.82) is 0 Å². The van der Waals surface area contributed by atoms with E-state index in [0.29, 0.717) is 19.0 Å². The number of carbonyl (C=O) groups excluding carboxylic acids is 1. The minimum absolute atomic E-state index is 0.0107. The summed E-state index contributed by atoms with van der Waals surface area (Å²) in [7, 11) is 1.76. The molecule has 0 spiro atoms. The van der Waals surface area contributed by atoms with Crippen molar-refractivity contribution < 1.29 is 4.79 Å². The Hall–Kier alpha value is -1.30. The Bertz CT molecular complexity index is 229. The largest absolute Gasteiger partial charge is 0.344 e. The zero-order valence-electron chi connectivity index (χ0n) is 9.87. The third-order valence-corrected chi connectivity index (χ3v) is 2.03. The summed E-state index contributed by atoms with van der Waals surface area (Å²) in [6.45, 7) is 6.88. The van der Waals surface area contributed by atoms with Crippen LogP contribution in [0.4, 0.5) is 0 Å². The van der Waals surface area contributed by atoms with E-state index in [2.05, 4.69) is 15.7 Å². The van der Waals surface area contributed by atoms with Crippen molar-refractivity contribution in [1.82, 2.24) is 15.6 Å². The molecule has 0 bridgehead atoms. The maximum absolute atomic E-state index is 11.7. The van der Waals surface area contributed by atoms with E-state index in [0.717, 1.165) is 0 Å². The average molecular weight is 215 g/mol. The normalized spacial score (nSPS) is 13.3. The second kappa shape index (κ2) is 7.05. The van der Waals surface area contributed by atoms with Crippen molar-refractivity contribution >= 4 is 11.9 Å². The predicted octanol–water partition coefficient (Wildman–Crippen LogP) is -0.718. The first-order chi connectivity index (χ1) is 7.06. The lowest BCUT2D eigenvalue weighted by atomic mass is 10.3. The summed E-state index contributed by atoms with van der Waals surface area (Å²) in [4.78, 5) is 17.4. The molecule has 0 aliphatic rings. The smallest absolute Gasteiger partial charge is 0.244 e. The van der Waals surface area contributed by atoms with Crippen LogP contribution in [0.2, 0.25) is 0 Å². The van der Waals surface area contributed by atoms with Crippen molar-refractivity contribution in [3.63, 3.8) is 0 Å².